The van der Waals surface area contributed by atoms with Gasteiger partial charge in [0.05, 0.1) is 13.0 Å². The highest BCUT2D eigenvalue weighted by Crippen LogP contribution is 2.13. The SMILES string of the molecule is O=C(CCOCC(=O)ON1C(=O)CCC1=O)ON1C(=O)CCC1=O. The van der Waals surface area contributed by atoms with Crippen molar-refractivity contribution >= 4 is 35.6 Å². The molecular weight excluding hydrogens is 328 g/mol. The van der Waals surface area contributed by atoms with E-state index in [2.05, 4.69) is 9.68 Å². The number of carbonyl (C=O) groups is 6. The maximum absolute atomic E-state index is 11.4. The first kappa shape index (κ1) is 17.5. The molecule has 11 nitrogen and oxygen atoms in total. The van der Waals surface area contributed by atoms with E-state index < -0.39 is 42.2 Å². The molecule has 0 atom stereocenters. The molecule has 0 aromatic rings. The van der Waals surface area contributed by atoms with Crippen LogP contribution in [0, 0.1) is 0 Å². The van der Waals surface area contributed by atoms with Crippen LogP contribution in [0.2, 0.25) is 0 Å². The van der Waals surface area contributed by atoms with Gasteiger partial charge in [-0.2, -0.15) is 0 Å². The zero-order chi connectivity index (χ0) is 17.7. The molecule has 2 aliphatic heterocycles. The topological polar surface area (TPSA) is 137 Å². The molecule has 2 rings (SSSR count). The molecule has 2 fully saturated rings. The molecular formula is C13H14N2O9. The van der Waals surface area contributed by atoms with Crippen molar-refractivity contribution in [2.45, 2.75) is 32.1 Å². The molecule has 0 unspecified atom stereocenters. The van der Waals surface area contributed by atoms with E-state index in [0.29, 0.717) is 10.1 Å². The first-order valence-electron chi connectivity index (χ1n) is 7.09. The lowest BCUT2D eigenvalue weighted by Crippen LogP contribution is -2.34. The van der Waals surface area contributed by atoms with E-state index >= 15 is 0 Å². The highest BCUT2D eigenvalue weighted by Gasteiger charge is 2.33. The predicted molar refractivity (Wildman–Crippen MR) is 69.8 cm³/mol. The van der Waals surface area contributed by atoms with Gasteiger partial charge in [0.25, 0.3) is 23.6 Å². The van der Waals surface area contributed by atoms with E-state index in [9.17, 15) is 28.8 Å². The standard InChI is InChI=1S/C13H14N2O9/c16-8-1-2-9(17)14(8)23-12(20)5-6-22-7-13(21)24-15-10(18)3-4-11(15)19/h1-7H2. The minimum atomic E-state index is -0.975. The van der Waals surface area contributed by atoms with Crippen molar-refractivity contribution in [2.75, 3.05) is 13.2 Å². The predicted octanol–water partition coefficient (Wildman–Crippen LogP) is -1.39. The lowest BCUT2D eigenvalue weighted by molar-refractivity contribution is -0.201. The van der Waals surface area contributed by atoms with Crippen LogP contribution in [0.15, 0.2) is 0 Å². The number of hydrogen-bond acceptors (Lipinski definition) is 9. The maximum Gasteiger partial charge on any atom is 0.358 e. The zero-order valence-corrected chi connectivity index (χ0v) is 12.5. The lowest BCUT2D eigenvalue weighted by atomic mass is 10.4. The van der Waals surface area contributed by atoms with Crippen LogP contribution >= 0.6 is 0 Å². The van der Waals surface area contributed by atoms with Crippen molar-refractivity contribution in [2.24, 2.45) is 0 Å². The van der Waals surface area contributed by atoms with Gasteiger partial charge in [-0.05, 0) is 0 Å². The Labute approximate surface area is 135 Å². The zero-order valence-electron chi connectivity index (χ0n) is 12.5. The Morgan fingerprint density at radius 1 is 0.750 bits per heavy atom. The summed E-state index contributed by atoms with van der Waals surface area (Å²) in [6, 6.07) is 0. The molecule has 0 aromatic carbocycles. The second kappa shape index (κ2) is 7.64. The molecule has 2 saturated heterocycles. The van der Waals surface area contributed by atoms with E-state index in [1.807, 2.05) is 0 Å². The van der Waals surface area contributed by atoms with Crippen molar-refractivity contribution in [3.63, 3.8) is 0 Å². The Morgan fingerprint density at radius 2 is 1.17 bits per heavy atom. The van der Waals surface area contributed by atoms with Gasteiger partial charge >= 0.3 is 11.9 Å². The van der Waals surface area contributed by atoms with E-state index in [0.717, 1.165) is 0 Å². The third-order valence-electron chi connectivity index (χ3n) is 3.07. The number of carbonyl (C=O) groups excluding carboxylic acids is 6. The summed E-state index contributed by atoms with van der Waals surface area (Å²) in [7, 11) is 0. The quantitative estimate of drug-likeness (QED) is 0.404. The Hall–Kier alpha value is -2.82. The molecule has 0 N–H and O–H groups in total. The van der Waals surface area contributed by atoms with Crippen LogP contribution in [0.4, 0.5) is 0 Å². The fourth-order valence-electron chi connectivity index (χ4n) is 1.90. The number of ether oxygens (including phenoxy) is 1. The van der Waals surface area contributed by atoms with Gasteiger partial charge in [0.1, 0.15) is 6.61 Å². The number of imide groups is 2. The highest BCUT2D eigenvalue weighted by atomic mass is 16.7. The normalized spacial score (nSPS) is 17.7. The van der Waals surface area contributed by atoms with Gasteiger partial charge in [-0.15, -0.1) is 10.1 Å². The Morgan fingerprint density at radius 3 is 1.62 bits per heavy atom. The van der Waals surface area contributed by atoms with Crippen molar-refractivity contribution in [3.05, 3.63) is 0 Å². The minimum Gasteiger partial charge on any atom is -0.369 e. The minimum absolute atomic E-state index is 0.0115. The van der Waals surface area contributed by atoms with Crippen LogP contribution in [0.25, 0.3) is 0 Å². The molecule has 0 spiro atoms. The van der Waals surface area contributed by atoms with Gasteiger partial charge < -0.3 is 14.4 Å². The van der Waals surface area contributed by atoms with Crippen molar-refractivity contribution in [3.8, 4) is 0 Å². The second-order valence-corrected chi connectivity index (χ2v) is 4.89. The summed E-state index contributed by atoms with van der Waals surface area (Å²) in [6.07, 6.45) is -0.379. The van der Waals surface area contributed by atoms with Crippen LogP contribution in [0.5, 0.6) is 0 Å². The van der Waals surface area contributed by atoms with Crippen molar-refractivity contribution < 1.29 is 43.2 Å². The van der Waals surface area contributed by atoms with Gasteiger partial charge in [-0.1, -0.05) is 0 Å². The van der Waals surface area contributed by atoms with Gasteiger partial charge in [0, 0.05) is 25.7 Å². The molecule has 2 heterocycles. The molecule has 0 bridgehead atoms. The molecule has 24 heavy (non-hydrogen) atoms. The second-order valence-electron chi connectivity index (χ2n) is 4.89. The summed E-state index contributed by atoms with van der Waals surface area (Å²) in [6.45, 7) is -0.835. The number of rotatable bonds is 7. The van der Waals surface area contributed by atoms with Gasteiger partial charge in [-0.25, -0.2) is 9.59 Å². The number of amides is 4. The van der Waals surface area contributed by atoms with Gasteiger partial charge in [0.15, 0.2) is 0 Å². The monoisotopic (exact) mass is 342 g/mol. The summed E-state index contributed by atoms with van der Waals surface area (Å²) in [4.78, 5) is 76.9. The molecule has 130 valence electrons. The highest BCUT2D eigenvalue weighted by molar-refractivity contribution is 6.02. The Kier molecular flexibility index (Phi) is 5.58. The fourth-order valence-corrected chi connectivity index (χ4v) is 1.90. The average molecular weight is 342 g/mol. The molecule has 0 aliphatic carbocycles. The van der Waals surface area contributed by atoms with E-state index in [-0.39, 0.29) is 38.7 Å². The van der Waals surface area contributed by atoms with Crippen molar-refractivity contribution in [1.29, 1.82) is 0 Å². The fraction of sp³-hybridized carbons (Fsp3) is 0.538. The Bertz CT molecular complexity index is 516. The summed E-state index contributed by atoms with van der Waals surface area (Å²) < 4.78 is 4.85. The van der Waals surface area contributed by atoms with Crippen LogP contribution in [0.3, 0.4) is 0 Å². The maximum atomic E-state index is 11.4. The average Bonchev–Trinajstić information content (AvgIpc) is 3.01. The third-order valence-corrected chi connectivity index (χ3v) is 3.07. The van der Waals surface area contributed by atoms with E-state index in [4.69, 9.17) is 4.74 Å². The molecule has 4 amide bonds. The number of hydroxylamine groups is 4. The molecule has 11 heteroatoms. The van der Waals surface area contributed by atoms with Crippen molar-refractivity contribution in [1.82, 2.24) is 10.1 Å². The summed E-state index contributed by atoms with van der Waals surface area (Å²) >= 11 is 0. The summed E-state index contributed by atoms with van der Waals surface area (Å²) in [5.41, 5.74) is 0. The van der Waals surface area contributed by atoms with Gasteiger partial charge in [-0.3, -0.25) is 19.2 Å². The Balaban J connectivity index is 1.62. The van der Waals surface area contributed by atoms with E-state index in [1.165, 1.54) is 0 Å². The largest absolute Gasteiger partial charge is 0.369 e. The first-order chi connectivity index (χ1) is 11.4. The smallest absolute Gasteiger partial charge is 0.358 e. The third kappa shape index (κ3) is 4.35. The van der Waals surface area contributed by atoms with Gasteiger partial charge in [0.2, 0.25) is 0 Å². The first-order valence-corrected chi connectivity index (χ1v) is 7.09. The van der Waals surface area contributed by atoms with E-state index in [1.54, 1.807) is 0 Å². The van der Waals surface area contributed by atoms with Crippen LogP contribution in [-0.2, 0) is 43.2 Å². The molecule has 0 radical (unpaired) electrons. The van der Waals surface area contributed by atoms with Crippen LogP contribution in [-0.4, -0.2) is 58.9 Å². The van der Waals surface area contributed by atoms with Crippen LogP contribution in [0.1, 0.15) is 32.1 Å². The lowest BCUT2D eigenvalue weighted by Gasteiger charge is -2.13. The molecule has 0 aromatic heterocycles. The van der Waals surface area contributed by atoms with Crippen LogP contribution < -0.4 is 0 Å². The number of hydrogen-bond donors (Lipinski definition) is 0. The summed E-state index contributed by atoms with van der Waals surface area (Å²) in [5.74, 6) is -4.28. The number of nitrogens with zero attached hydrogens (tertiary/aromatic N) is 2. The molecule has 0 saturated carbocycles. The summed E-state index contributed by atoms with van der Waals surface area (Å²) in [5, 5.41) is 0.783. The molecule has 2 aliphatic rings.